The van der Waals surface area contributed by atoms with E-state index in [2.05, 4.69) is 5.32 Å². The number of urea groups is 1. The van der Waals surface area contributed by atoms with Gasteiger partial charge in [-0.2, -0.15) is 0 Å². The van der Waals surface area contributed by atoms with Crippen LogP contribution in [0.3, 0.4) is 0 Å². The fourth-order valence-corrected chi connectivity index (χ4v) is 4.66. The summed E-state index contributed by atoms with van der Waals surface area (Å²) in [6, 6.07) is 11.0. The molecule has 11 heteroatoms. The van der Waals surface area contributed by atoms with Crippen LogP contribution in [0.4, 0.5) is 14.9 Å². The van der Waals surface area contributed by atoms with E-state index < -0.39 is 11.8 Å². The van der Waals surface area contributed by atoms with Crippen LogP contribution in [-0.2, 0) is 26.2 Å². The van der Waals surface area contributed by atoms with Crippen molar-refractivity contribution in [2.45, 2.75) is 26.2 Å². The first-order valence-corrected chi connectivity index (χ1v) is 11.5. The first-order valence-electron chi connectivity index (χ1n) is 11.1. The largest absolute Gasteiger partial charge is 0.497 e. The van der Waals surface area contributed by atoms with Gasteiger partial charge in [0.05, 0.1) is 24.4 Å². The van der Waals surface area contributed by atoms with Gasteiger partial charge in [-0.3, -0.25) is 13.9 Å². The van der Waals surface area contributed by atoms with Crippen LogP contribution in [0.15, 0.2) is 47.3 Å². The smallest absolute Gasteiger partial charge is 0.329 e. The van der Waals surface area contributed by atoms with Gasteiger partial charge in [0.25, 0.3) is 5.91 Å². The van der Waals surface area contributed by atoms with Crippen LogP contribution in [0.1, 0.15) is 21.7 Å². The predicted octanol–water partition coefficient (Wildman–Crippen LogP) is 3.15. The monoisotopic (exact) mass is 499 g/mol. The zero-order valence-electron chi connectivity index (χ0n) is 19.0. The van der Waals surface area contributed by atoms with Gasteiger partial charge in [-0.25, -0.2) is 14.0 Å². The number of ether oxygens (including phenoxy) is 1. The zero-order valence-corrected chi connectivity index (χ0v) is 19.7. The number of aromatic nitrogens is 2. The molecular formula is C24H23ClFN5O4. The van der Waals surface area contributed by atoms with E-state index >= 15 is 0 Å². The lowest BCUT2D eigenvalue weighted by Gasteiger charge is -2.31. The van der Waals surface area contributed by atoms with Gasteiger partial charge in [0.15, 0.2) is 0 Å². The van der Waals surface area contributed by atoms with Crippen LogP contribution in [-0.4, -0.2) is 51.1 Å². The highest BCUT2D eigenvalue weighted by atomic mass is 35.5. The molecule has 9 nitrogen and oxygen atoms in total. The Morgan fingerprint density at radius 1 is 1.06 bits per heavy atom. The molecule has 2 aliphatic rings. The number of hydrogen-bond donors (Lipinski definition) is 1. The third-order valence-electron chi connectivity index (χ3n) is 6.34. The van der Waals surface area contributed by atoms with E-state index in [1.165, 1.54) is 27.7 Å². The van der Waals surface area contributed by atoms with E-state index in [1.807, 2.05) is 24.3 Å². The molecule has 0 bridgehead atoms. The standard InChI is InChI=1S/C24H23ClFN5O4/c1-35-17-5-2-15(3-6-17)13-28-8-11-31-21(22(28)32)20-14-29(9-10-30(20)24(31)34)23(33)27-16-4-7-19(26)18(25)12-16/h2-7,12H,8-11,13-14H2,1H3,(H,27,33). The van der Waals surface area contributed by atoms with Crippen molar-refractivity contribution in [1.82, 2.24) is 18.9 Å². The van der Waals surface area contributed by atoms with Crippen LogP contribution in [0.5, 0.6) is 5.75 Å². The normalized spacial score (nSPS) is 15.0. The van der Waals surface area contributed by atoms with Gasteiger partial charge in [-0.05, 0) is 35.9 Å². The number of hydrogen-bond acceptors (Lipinski definition) is 4. The number of halogens is 2. The molecule has 3 heterocycles. The summed E-state index contributed by atoms with van der Waals surface area (Å²) < 4.78 is 21.7. The van der Waals surface area contributed by atoms with Gasteiger partial charge in [-0.15, -0.1) is 0 Å². The van der Waals surface area contributed by atoms with Gasteiger partial charge in [0, 0.05) is 38.4 Å². The SMILES string of the molecule is COc1ccc(CN2CCn3c(c4n(c3=O)CCN(C(=O)Nc3ccc(F)c(Cl)c3)C4)C2=O)cc1. The van der Waals surface area contributed by atoms with Crippen molar-refractivity contribution >= 4 is 29.2 Å². The molecule has 3 aromatic rings. The fourth-order valence-electron chi connectivity index (χ4n) is 4.48. The number of carbonyl (C=O) groups is 2. The van der Waals surface area contributed by atoms with Crippen molar-refractivity contribution < 1.29 is 18.7 Å². The second-order valence-corrected chi connectivity index (χ2v) is 8.84. The Balaban J connectivity index is 1.36. The summed E-state index contributed by atoms with van der Waals surface area (Å²) in [4.78, 5) is 42.5. The van der Waals surface area contributed by atoms with E-state index in [-0.39, 0.29) is 29.7 Å². The van der Waals surface area contributed by atoms with Crippen LogP contribution in [0.2, 0.25) is 5.02 Å². The first kappa shape index (κ1) is 23.0. The van der Waals surface area contributed by atoms with Gasteiger partial charge in [0.2, 0.25) is 0 Å². The quantitative estimate of drug-likeness (QED) is 0.597. The van der Waals surface area contributed by atoms with E-state index in [4.69, 9.17) is 16.3 Å². The number of fused-ring (bicyclic) bond motifs is 3. The van der Waals surface area contributed by atoms with Crippen molar-refractivity contribution in [3.05, 3.63) is 80.7 Å². The maximum absolute atomic E-state index is 13.4. The molecule has 0 fully saturated rings. The molecule has 1 aromatic heterocycles. The van der Waals surface area contributed by atoms with Crippen molar-refractivity contribution in [2.75, 3.05) is 25.5 Å². The van der Waals surface area contributed by atoms with E-state index in [1.54, 1.807) is 16.6 Å². The highest BCUT2D eigenvalue weighted by Crippen LogP contribution is 2.24. The lowest BCUT2D eigenvalue weighted by atomic mass is 10.1. The minimum Gasteiger partial charge on any atom is -0.497 e. The Kier molecular flexibility index (Phi) is 5.98. The number of carbonyl (C=O) groups excluding carboxylic acids is 2. The maximum atomic E-state index is 13.4. The third-order valence-corrected chi connectivity index (χ3v) is 6.63. The van der Waals surface area contributed by atoms with Crippen LogP contribution >= 0.6 is 11.6 Å². The van der Waals surface area contributed by atoms with Crippen LogP contribution in [0.25, 0.3) is 0 Å². The molecule has 182 valence electrons. The summed E-state index contributed by atoms with van der Waals surface area (Å²) >= 11 is 5.81. The highest BCUT2D eigenvalue weighted by molar-refractivity contribution is 6.31. The third kappa shape index (κ3) is 4.25. The number of amides is 3. The minimum absolute atomic E-state index is 0.0977. The molecular weight excluding hydrogens is 477 g/mol. The van der Waals surface area contributed by atoms with Crippen molar-refractivity contribution in [2.24, 2.45) is 0 Å². The van der Waals surface area contributed by atoms with Gasteiger partial charge < -0.3 is 19.9 Å². The number of nitrogens with one attached hydrogen (secondary N) is 1. The molecule has 0 spiro atoms. The van der Waals surface area contributed by atoms with Gasteiger partial charge >= 0.3 is 11.7 Å². The molecule has 0 radical (unpaired) electrons. The second-order valence-electron chi connectivity index (χ2n) is 8.44. The lowest BCUT2D eigenvalue weighted by molar-refractivity contribution is 0.0686. The number of rotatable bonds is 4. The Labute approximate surface area is 205 Å². The molecule has 0 saturated carbocycles. The molecule has 3 amide bonds. The predicted molar refractivity (Wildman–Crippen MR) is 127 cm³/mol. The number of benzene rings is 2. The number of methoxy groups -OCH3 is 1. The molecule has 5 rings (SSSR count). The van der Waals surface area contributed by atoms with E-state index in [9.17, 15) is 18.8 Å². The molecule has 1 N–H and O–H groups in total. The summed E-state index contributed by atoms with van der Waals surface area (Å²) in [5.74, 6) is -0.0920. The molecule has 0 aliphatic carbocycles. The first-order chi connectivity index (χ1) is 16.9. The zero-order chi connectivity index (χ0) is 24.7. The molecule has 2 aliphatic heterocycles. The topological polar surface area (TPSA) is 88.8 Å². The minimum atomic E-state index is -0.579. The lowest BCUT2D eigenvalue weighted by Crippen LogP contribution is -2.43. The molecule has 0 saturated heterocycles. The number of nitrogens with zero attached hydrogens (tertiary/aromatic N) is 4. The average Bonchev–Trinajstić information content (AvgIpc) is 3.15. The summed E-state index contributed by atoms with van der Waals surface area (Å²) in [5.41, 5.74) is 1.89. The number of anilines is 1. The molecule has 2 aromatic carbocycles. The van der Waals surface area contributed by atoms with Crippen molar-refractivity contribution in [3.63, 3.8) is 0 Å². The Morgan fingerprint density at radius 2 is 1.80 bits per heavy atom. The molecule has 0 unspecified atom stereocenters. The number of imidazole rings is 1. The summed E-state index contributed by atoms with van der Waals surface area (Å²) in [7, 11) is 1.59. The highest BCUT2D eigenvalue weighted by Gasteiger charge is 2.35. The Bertz CT molecular complexity index is 1370. The fraction of sp³-hybridized carbons (Fsp3) is 0.292. The summed E-state index contributed by atoms with van der Waals surface area (Å²) in [5, 5.41) is 2.60. The van der Waals surface area contributed by atoms with E-state index in [0.29, 0.717) is 43.3 Å². The summed E-state index contributed by atoms with van der Waals surface area (Å²) in [6.45, 7) is 1.86. The summed E-state index contributed by atoms with van der Waals surface area (Å²) in [6.07, 6.45) is 0. The molecule has 35 heavy (non-hydrogen) atoms. The second kappa shape index (κ2) is 9.10. The van der Waals surface area contributed by atoms with Crippen molar-refractivity contribution in [1.29, 1.82) is 0 Å². The molecule has 0 atom stereocenters. The van der Waals surface area contributed by atoms with Gasteiger partial charge in [-0.1, -0.05) is 23.7 Å². The Morgan fingerprint density at radius 3 is 2.51 bits per heavy atom. The average molecular weight is 500 g/mol. The van der Waals surface area contributed by atoms with Crippen molar-refractivity contribution in [3.8, 4) is 5.75 Å². The Hall–Kier alpha value is -3.79. The van der Waals surface area contributed by atoms with Crippen LogP contribution < -0.4 is 15.7 Å². The maximum Gasteiger partial charge on any atom is 0.329 e. The van der Waals surface area contributed by atoms with Crippen LogP contribution in [0, 0.1) is 5.82 Å². The van der Waals surface area contributed by atoms with E-state index in [0.717, 1.165) is 11.3 Å². The van der Waals surface area contributed by atoms with Gasteiger partial charge in [0.1, 0.15) is 17.3 Å².